The Morgan fingerprint density at radius 3 is 2.14 bits per heavy atom. The summed E-state index contributed by atoms with van der Waals surface area (Å²) in [5.41, 5.74) is 7.72. The van der Waals surface area contributed by atoms with Crippen LogP contribution in [0.3, 0.4) is 0 Å². The Bertz CT molecular complexity index is 290. The molecule has 14 heavy (non-hydrogen) atoms. The first-order valence-corrected chi connectivity index (χ1v) is 4.87. The predicted octanol–water partition coefficient (Wildman–Crippen LogP) is 2.58. The molecular formula is C12H19NO. The van der Waals surface area contributed by atoms with Crippen LogP contribution < -0.4 is 5.73 Å². The van der Waals surface area contributed by atoms with E-state index in [-0.39, 0.29) is 11.5 Å². The van der Waals surface area contributed by atoms with Crippen LogP contribution in [0.4, 0.5) is 5.69 Å². The number of ether oxygens (including phenoxy) is 1. The minimum atomic E-state index is 0.0163. The van der Waals surface area contributed by atoms with Gasteiger partial charge >= 0.3 is 0 Å². The van der Waals surface area contributed by atoms with Crippen molar-refractivity contribution in [1.29, 1.82) is 0 Å². The Labute approximate surface area is 86.1 Å². The minimum absolute atomic E-state index is 0.0163. The van der Waals surface area contributed by atoms with Crippen molar-refractivity contribution in [3.05, 3.63) is 29.8 Å². The lowest BCUT2D eigenvalue weighted by Crippen LogP contribution is -2.32. The lowest BCUT2D eigenvalue weighted by molar-refractivity contribution is 0.0607. The summed E-state index contributed by atoms with van der Waals surface area (Å²) in [6, 6.07) is 7.98. The molecule has 0 amide bonds. The monoisotopic (exact) mass is 193 g/mol. The topological polar surface area (TPSA) is 35.2 Å². The van der Waals surface area contributed by atoms with Gasteiger partial charge in [-0.15, -0.1) is 0 Å². The second-order valence-corrected chi connectivity index (χ2v) is 4.22. The first-order valence-electron chi connectivity index (χ1n) is 4.87. The quantitative estimate of drug-likeness (QED) is 0.749. The van der Waals surface area contributed by atoms with Crippen molar-refractivity contribution in [1.82, 2.24) is 0 Å². The molecule has 0 saturated carbocycles. The molecule has 0 aromatic heterocycles. The summed E-state index contributed by atoms with van der Waals surface area (Å²) in [6.07, 6.45) is 0.186. The maximum atomic E-state index is 5.65. The maximum absolute atomic E-state index is 5.65. The van der Waals surface area contributed by atoms with E-state index in [0.29, 0.717) is 0 Å². The molecule has 0 aliphatic carbocycles. The largest absolute Gasteiger partial charge is 0.399 e. The number of rotatable bonds is 3. The molecule has 1 atom stereocenters. The molecule has 1 aromatic rings. The Kier molecular flexibility index (Phi) is 3.17. The number of hydrogen-bond donors (Lipinski definition) is 1. The third kappa shape index (κ3) is 2.07. The van der Waals surface area contributed by atoms with Crippen molar-refractivity contribution in [3.8, 4) is 0 Å². The first-order chi connectivity index (χ1) is 6.48. The number of nitrogens with two attached hydrogens (primary N) is 1. The van der Waals surface area contributed by atoms with Crippen LogP contribution >= 0.6 is 0 Å². The molecule has 2 nitrogen and oxygen atoms in total. The van der Waals surface area contributed by atoms with Crippen LogP contribution in [-0.2, 0) is 10.2 Å². The molecule has 0 bridgehead atoms. The second-order valence-electron chi connectivity index (χ2n) is 4.22. The van der Waals surface area contributed by atoms with E-state index < -0.39 is 0 Å². The zero-order valence-corrected chi connectivity index (χ0v) is 9.37. The molecule has 1 aromatic carbocycles. The van der Waals surface area contributed by atoms with Crippen molar-refractivity contribution < 1.29 is 4.74 Å². The van der Waals surface area contributed by atoms with Gasteiger partial charge < -0.3 is 10.5 Å². The van der Waals surface area contributed by atoms with Crippen LogP contribution in [0.2, 0.25) is 0 Å². The molecule has 0 radical (unpaired) electrons. The van der Waals surface area contributed by atoms with E-state index in [1.807, 2.05) is 12.1 Å². The average molecular weight is 193 g/mol. The molecule has 0 spiro atoms. The molecule has 0 aliphatic heterocycles. The number of nitrogen functional groups attached to an aromatic ring is 1. The lowest BCUT2D eigenvalue weighted by atomic mass is 9.80. The third-order valence-electron chi connectivity index (χ3n) is 3.02. The Morgan fingerprint density at radius 1 is 1.21 bits per heavy atom. The van der Waals surface area contributed by atoms with Gasteiger partial charge in [-0.1, -0.05) is 26.0 Å². The second kappa shape index (κ2) is 4.01. The van der Waals surface area contributed by atoms with Gasteiger partial charge in [-0.25, -0.2) is 0 Å². The van der Waals surface area contributed by atoms with Gasteiger partial charge in [-0.05, 0) is 24.6 Å². The van der Waals surface area contributed by atoms with E-state index >= 15 is 0 Å². The standard InChI is InChI=1S/C12H19NO/c1-9(14-4)12(2,3)10-5-7-11(13)8-6-10/h5-9H,13H2,1-4H3. The fraction of sp³-hybridized carbons (Fsp3) is 0.500. The third-order valence-corrected chi connectivity index (χ3v) is 3.02. The summed E-state index contributed by atoms with van der Waals surface area (Å²) < 4.78 is 5.37. The summed E-state index contributed by atoms with van der Waals surface area (Å²) in [5, 5.41) is 0. The van der Waals surface area contributed by atoms with Gasteiger partial charge in [0.15, 0.2) is 0 Å². The van der Waals surface area contributed by atoms with Gasteiger partial charge in [0.1, 0.15) is 0 Å². The molecular weight excluding hydrogens is 174 g/mol. The van der Waals surface area contributed by atoms with Crippen LogP contribution in [0.5, 0.6) is 0 Å². The zero-order chi connectivity index (χ0) is 10.8. The first kappa shape index (κ1) is 11.1. The summed E-state index contributed by atoms with van der Waals surface area (Å²) in [6.45, 7) is 6.43. The Hall–Kier alpha value is -1.02. The number of methoxy groups -OCH3 is 1. The van der Waals surface area contributed by atoms with E-state index in [1.165, 1.54) is 5.56 Å². The van der Waals surface area contributed by atoms with Crippen molar-refractivity contribution >= 4 is 5.69 Å². The van der Waals surface area contributed by atoms with Crippen molar-refractivity contribution in [3.63, 3.8) is 0 Å². The van der Waals surface area contributed by atoms with Gasteiger partial charge in [0, 0.05) is 18.2 Å². The van der Waals surface area contributed by atoms with Crippen LogP contribution in [0.25, 0.3) is 0 Å². The highest BCUT2D eigenvalue weighted by atomic mass is 16.5. The highest BCUT2D eigenvalue weighted by Crippen LogP contribution is 2.28. The van der Waals surface area contributed by atoms with Gasteiger partial charge in [0.25, 0.3) is 0 Å². The maximum Gasteiger partial charge on any atom is 0.0634 e. The van der Waals surface area contributed by atoms with Gasteiger partial charge in [0.2, 0.25) is 0 Å². The summed E-state index contributed by atoms with van der Waals surface area (Å²) in [7, 11) is 1.74. The smallest absolute Gasteiger partial charge is 0.0634 e. The molecule has 0 saturated heterocycles. The predicted molar refractivity (Wildman–Crippen MR) is 60.4 cm³/mol. The molecule has 1 rings (SSSR count). The normalized spacial score (nSPS) is 14.0. The van der Waals surface area contributed by atoms with Gasteiger partial charge in [-0.3, -0.25) is 0 Å². The number of anilines is 1. The van der Waals surface area contributed by atoms with Crippen LogP contribution in [0.1, 0.15) is 26.3 Å². The van der Waals surface area contributed by atoms with E-state index in [0.717, 1.165) is 5.69 Å². The molecule has 2 heteroatoms. The molecule has 0 fully saturated rings. The lowest BCUT2D eigenvalue weighted by Gasteiger charge is -2.31. The van der Waals surface area contributed by atoms with Crippen molar-refractivity contribution in [2.75, 3.05) is 12.8 Å². The summed E-state index contributed by atoms with van der Waals surface area (Å²) in [4.78, 5) is 0. The zero-order valence-electron chi connectivity index (χ0n) is 9.37. The summed E-state index contributed by atoms with van der Waals surface area (Å²) in [5.74, 6) is 0. The fourth-order valence-electron chi connectivity index (χ4n) is 1.44. The SMILES string of the molecule is COC(C)C(C)(C)c1ccc(N)cc1. The summed E-state index contributed by atoms with van der Waals surface area (Å²) >= 11 is 0. The van der Waals surface area contributed by atoms with Crippen LogP contribution in [0.15, 0.2) is 24.3 Å². The van der Waals surface area contributed by atoms with Crippen LogP contribution in [-0.4, -0.2) is 13.2 Å². The highest BCUT2D eigenvalue weighted by Gasteiger charge is 2.27. The van der Waals surface area contributed by atoms with E-state index in [1.54, 1.807) is 7.11 Å². The fourth-order valence-corrected chi connectivity index (χ4v) is 1.44. The number of hydrogen-bond acceptors (Lipinski definition) is 2. The molecule has 1 unspecified atom stereocenters. The average Bonchev–Trinajstić information content (AvgIpc) is 2.17. The van der Waals surface area contributed by atoms with E-state index in [4.69, 9.17) is 10.5 Å². The van der Waals surface area contributed by atoms with Gasteiger partial charge in [-0.2, -0.15) is 0 Å². The van der Waals surface area contributed by atoms with Crippen molar-refractivity contribution in [2.45, 2.75) is 32.3 Å². The Balaban J connectivity index is 2.97. The molecule has 0 heterocycles. The molecule has 0 aliphatic rings. The molecule has 2 N–H and O–H groups in total. The van der Waals surface area contributed by atoms with E-state index in [9.17, 15) is 0 Å². The van der Waals surface area contributed by atoms with Gasteiger partial charge in [0.05, 0.1) is 6.10 Å². The van der Waals surface area contributed by atoms with E-state index in [2.05, 4.69) is 32.9 Å². The Morgan fingerprint density at radius 2 is 1.71 bits per heavy atom. The van der Waals surface area contributed by atoms with Crippen LogP contribution in [0, 0.1) is 0 Å². The highest BCUT2D eigenvalue weighted by molar-refractivity contribution is 5.41. The number of benzene rings is 1. The minimum Gasteiger partial charge on any atom is -0.399 e. The molecule has 78 valence electrons. The van der Waals surface area contributed by atoms with Crippen molar-refractivity contribution in [2.24, 2.45) is 0 Å².